The number of nitrogens with one attached hydrogen (secondary N) is 2. The first kappa shape index (κ1) is 23.5. The topological polar surface area (TPSA) is 75.1 Å². The zero-order valence-electron chi connectivity index (χ0n) is 18.1. The number of benzene rings is 2. The van der Waals surface area contributed by atoms with E-state index in [1.54, 1.807) is 12.1 Å². The van der Waals surface area contributed by atoms with E-state index in [4.69, 9.17) is 9.47 Å². The molecular formula is C23H32FN3O3. The summed E-state index contributed by atoms with van der Waals surface area (Å²) in [6.45, 7) is 9.38. The molecule has 0 amide bonds. The predicted octanol–water partition coefficient (Wildman–Crippen LogP) is 3.80. The molecule has 0 aromatic heterocycles. The second-order valence-electron chi connectivity index (χ2n) is 7.03. The third kappa shape index (κ3) is 7.55. The van der Waals surface area contributed by atoms with Gasteiger partial charge in [0.2, 0.25) is 0 Å². The summed E-state index contributed by atoms with van der Waals surface area (Å²) in [6, 6.07) is 12.2. The summed E-state index contributed by atoms with van der Waals surface area (Å²) >= 11 is 0. The number of rotatable bonds is 10. The SMILES string of the molecule is CCNC(=NCc1ccc(OCC)c(F)c1)NCC(O)c1ccc(OC(C)C)cc1. The zero-order chi connectivity index (χ0) is 21.9. The van der Waals surface area contributed by atoms with Gasteiger partial charge in [-0.3, -0.25) is 0 Å². The normalized spacial score (nSPS) is 12.6. The molecule has 0 aliphatic carbocycles. The van der Waals surface area contributed by atoms with E-state index in [9.17, 15) is 9.50 Å². The van der Waals surface area contributed by atoms with Crippen molar-refractivity contribution in [3.8, 4) is 11.5 Å². The average Bonchev–Trinajstić information content (AvgIpc) is 2.72. The number of hydrogen-bond donors (Lipinski definition) is 3. The van der Waals surface area contributed by atoms with Gasteiger partial charge in [-0.15, -0.1) is 0 Å². The average molecular weight is 418 g/mol. The van der Waals surface area contributed by atoms with E-state index in [-0.39, 0.29) is 18.4 Å². The summed E-state index contributed by atoms with van der Waals surface area (Å²) in [7, 11) is 0. The van der Waals surface area contributed by atoms with Crippen LogP contribution in [-0.4, -0.2) is 36.9 Å². The highest BCUT2D eigenvalue weighted by Crippen LogP contribution is 2.19. The molecule has 0 fully saturated rings. The van der Waals surface area contributed by atoms with Crippen LogP contribution in [0, 0.1) is 5.82 Å². The molecule has 3 N–H and O–H groups in total. The molecule has 30 heavy (non-hydrogen) atoms. The number of ether oxygens (including phenoxy) is 2. The second-order valence-corrected chi connectivity index (χ2v) is 7.03. The van der Waals surface area contributed by atoms with E-state index < -0.39 is 11.9 Å². The van der Waals surface area contributed by atoms with Gasteiger partial charge in [0.1, 0.15) is 5.75 Å². The Morgan fingerprint density at radius 3 is 2.43 bits per heavy atom. The van der Waals surface area contributed by atoms with Crippen molar-refractivity contribution in [2.45, 2.75) is 46.4 Å². The van der Waals surface area contributed by atoms with E-state index in [1.807, 2.05) is 52.0 Å². The van der Waals surface area contributed by atoms with Gasteiger partial charge in [-0.05, 0) is 63.1 Å². The van der Waals surface area contributed by atoms with Gasteiger partial charge in [-0.25, -0.2) is 9.38 Å². The Bertz CT molecular complexity index is 810. The molecule has 0 aliphatic rings. The molecule has 1 unspecified atom stereocenters. The van der Waals surface area contributed by atoms with Gasteiger partial charge < -0.3 is 25.2 Å². The fourth-order valence-corrected chi connectivity index (χ4v) is 2.78. The van der Waals surface area contributed by atoms with Crippen LogP contribution in [0.1, 0.15) is 44.9 Å². The summed E-state index contributed by atoms with van der Waals surface area (Å²) < 4.78 is 24.8. The van der Waals surface area contributed by atoms with Crippen LogP contribution in [0.5, 0.6) is 11.5 Å². The van der Waals surface area contributed by atoms with E-state index in [2.05, 4.69) is 15.6 Å². The summed E-state index contributed by atoms with van der Waals surface area (Å²) in [6.07, 6.45) is -0.602. The van der Waals surface area contributed by atoms with Crippen LogP contribution in [0.15, 0.2) is 47.5 Å². The van der Waals surface area contributed by atoms with Crippen LogP contribution in [-0.2, 0) is 6.54 Å². The highest BCUT2D eigenvalue weighted by Gasteiger charge is 2.10. The summed E-state index contributed by atoms with van der Waals surface area (Å²) in [5, 5.41) is 16.7. The number of guanidine groups is 1. The Balaban J connectivity index is 1.95. The van der Waals surface area contributed by atoms with E-state index in [0.717, 1.165) is 16.9 Å². The van der Waals surface area contributed by atoms with Gasteiger partial charge in [0.05, 0.1) is 25.4 Å². The number of nitrogens with zero attached hydrogens (tertiary/aromatic N) is 1. The Morgan fingerprint density at radius 2 is 1.83 bits per heavy atom. The molecule has 0 spiro atoms. The molecule has 2 rings (SSSR count). The predicted molar refractivity (Wildman–Crippen MR) is 118 cm³/mol. The van der Waals surface area contributed by atoms with Crippen molar-refractivity contribution >= 4 is 5.96 Å². The van der Waals surface area contributed by atoms with Crippen molar-refractivity contribution < 1.29 is 19.0 Å². The minimum atomic E-state index is -0.704. The third-order valence-corrected chi connectivity index (χ3v) is 4.16. The molecule has 2 aromatic carbocycles. The lowest BCUT2D eigenvalue weighted by Gasteiger charge is -2.16. The molecule has 0 aliphatic heterocycles. The zero-order valence-corrected chi connectivity index (χ0v) is 18.1. The van der Waals surface area contributed by atoms with Gasteiger partial charge in [0, 0.05) is 13.1 Å². The number of halogens is 1. The lowest BCUT2D eigenvalue weighted by Crippen LogP contribution is -2.39. The molecule has 0 saturated carbocycles. The molecule has 0 saturated heterocycles. The minimum Gasteiger partial charge on any atom is -0.491 e. The number of aliphatic imine (C=N–C) groups is 1. The first-order valence-electron chi connectivity index (χ1n) is 10.3. The molecule has 0 heterocycles. The van der Waals surface area contributed by atoms with Crippen molar-refractivity contribution in [3.05, 3.63) is 59.4 Å². The van der Waals surface area contributed by atoms with Gasteiger partial charge in [0.15, 0.2) is 17.5 Å². The lowest BCUT2D eigenvalue weighted by atomic mass is 10.1. The highest BCUT2D eigenvalue weighted by molar-refractivity contribution is 5.79. The fourth-order valence-electron chi connectivity index (χ4n) is 2.78. The maximum absolute atomic E-state index is 14.0. The summed E-state index contributed by atoms with van der Waals surface area (Å²) in [4.78, 5) is 4.47. The fraction of sp³-hybridized carbons (Fsp3) is 0.435. The quantitative estimate of drug-likeness (QED) is 0.405. The Morgan fingerprint density at radius 1 is 1.10 bits per heavy atom. The molecule has 0 bridgehead atoms. The third-order valence-electron chi connectivity index (χ3n) is 4.16. The van der Waals surface area contributed by atoms with Crippen LogP contribution in [0.25, 0.3) is 0 Å². The van der Waals surface area contributed by atoms with Crippen LogP contribution in [0.3, 0.4) is 0 Å². The Kier molecular flexibility index (Phi) is 9.41. The smallest absolute Gasteiger partial charge is 0.191 e. The van der Waals surface area contributed by atoms with Gasteiger partial charge in [-0.2, -0.15) is 0 Å². The van der Waals surface area contributed by atoms with Crippen LogP contribution in [0.2, 0.25) is 0 Å². The molecule has 1 atom stereocenters. The maximum atomic E-state index is 14.0. The second kappa shape index (κ2) is 12.0. The summed E-state index contributed by atoms with van der Waals surface area (Å²) in [5.41, 5.74) is 1.51. The monoisotopic (exact) mass is 417 g/mol. The van der Waals surface area contributed by atoms with Crippen molar-refractivity contribution in [1.29, 1.82) is 0 Å². The van der Waals surface area contributed by atoms with Crippen molar-refractivity contribution in [2.75, 3.05) is 19.7 Å². The molecule has 7 heteroatoms. The van der Waals surface area contributed by atoms with Gasteiger partial charge in [-0.1, -0.05) is 18.2 Å². The lowest BCUT2D eigenvalue weighted by molar-refractivity contribution is 0.180. The number of aliphatic hydroxyl groups excluding tert-OH is 1. The molecule has 0 radical (unpaired) electrons. The number of hydrogen-bond acceptors (Lipinski definition) is 4. The van der Waals surface area contributed by atoms with E-state index >= 15 is 0 Å². The van der Waals surface area contributed by atoms with Crippen LogP contribution < -0.4 is 20.1 Å². The molecule has 2 aromatic rings. The van der Waals surface area contributed by atoms with Crippen LogP contribution >= 0.6 is 0 Å². The van der Waals surface area contributed by atoms with Crippen molar-refractivity contribution in [1.82, 2.24) is 10.6 Å². The van der Waals surface area contributed by atoms with Gasteiger partial charge >= 0.3 is 0 Å². The standard InChI is InChI=1S/C23H32FN3O3/c1-5-25-23(26-14-17-7-12-22(29-6-2)20(24)13-17)27-15-21(28)18-8-10-19(11-9-18)30-16(3)4/h7-13,16,21,28H,5-6,14-15H2,1-4H3,(H2,25,26,27). The highest BCUT2D eigenvalue weighted by atomic mass is 19.1. The van der Waals surface area contributed by atoms with Crippen molar-refractivity contribution in [3.63, 3.8) is 0 Å². The largest absolute Gasteiger partial charge is 0.491 e. The maximum Gasteiger partial charge on any atom is 0.191 e. The molecular weight excluding hydrogens is 385 g/mol. The first-order valence-corrected chi connectivity index (χ1v) is 10.3. The van der Waals surface area contributed by atoms with E-state index in [0.29, 0.717) is 25.7 Å². The number of aliphatic hydroxyl groups is 1. The van der Waals surface area contributed by atoms with E-state index in [1.165, 1.54) is 6.07 Å². The van der Waals surface area contributed by atoms with Crippen LogP contribution in [0.4, 0.5) is 4.39 Å². The molecule has 164 valence electrons. The molecule has 6 nitrogen and oxygen atoms in total. The van der Waals surface area contributed by atoms with Crippen molar-refractivity contribution in [2.24, 2.45) is 4.99 Å². The summed E-state index contributed by atoms with van der Waals surface area (Å²) in [5.74, 6) is 1.16. The first-order chi connectivity index (χ1) is 14.4. The minimum absolute atomic E-state index is 0.102. The Labute approximate surface area is 178 Å². The van der Waals surface area contributed by atoms with Gasteiger partial charge in [0.25, 0.3) is 0 Å². The Hall–Kier alpha value is -2.80.